The van der Waals surface area contributed by atoms with Gasteiger partial charge in [-0.15, -0.1) is 0 Å². The summed E-state index contributed by atoms with van der Waals surface area (Å²) in [6.07, 6.45) is 8.55. The molecule has 0 aromatic carbocycles. The molecule has 0 spiro atoms. The van der Waals surface area contributed by atoms with Crippen molar-refractivity contribution in [1.29, 1.82) is 0 Å². The molecular weight excluding hydrogens is 174 g/mol. The van der Waals surface area contributed by atoms with Crippen molar-refractivity contribution in [2.45, 2.75) is 44.1 Å². The Bertz CT molecular complexity index is 338. The zero-order valence-electron chi connectivity index (χ0n) is 8.45. The smallest absolute Gasteiger partial charge is 0.109 e. The summed E-state index contributed by atoms with van der Waals surface area (Å²) in [6, 6.07) is 0.513. The van der Waals surface area contributed by atoms with Gasteiger partial charge < -0.3 is 10.3 Å². The maximum atomic E-state index is 5.77. The van der Waals surface area contributed by atoms with Gasteiger partial charge in [0, 0.05) is 31.1 Å². The summed E-state index contributed by atoms with van der Waals surface area (Å²) in [5.74, 6) is 2.04. The van der Waals surface area contributed by atoms with Gasteiger partial charge in [0.1, 0.15) is 5.82 Å². The lowest BCUT2D eigenvalue weighted by Crippen LogP contribution is -2.24. The molecule has 1 aromatic rings. The zero-order chi connectivity index (χ0) is 9.54. The minimum atomic E-state index is 0.513. The molecule has 2 aliphatic rings. The summed E-state index contributed by atoms with van der Waals surface area (Å²) in [5.41, 5.74) is 7.09. The summed E-state index contributed by atoms with van der Waals surface area (Å²) in [5, 5.41) is 0. The molecule has 76 valence electrons. The topological polar surface area (TPSA) is 43.8 Å². The van der Waals surface area contributed by atoms with Crippen LogP contribution in [0.5, 0.6) is 0 Å². The van der Waals surface area contributed by atoms with E-state index in [1.165, 1.54) is 37.2 Å². The van der Waals surface area contributed by atoms with Gasteiger partial charge in [-0.3, -0.25) is 0 Å². The van der Waals surface area contributed by atoms with Crippen LogP contribution in [-0.4, -0.2) is 16.1 Å². The number of hydrogen-bond acceptors (Lipinski definition) is 2. The van der Waals surface area contributed by atoms with Crippen LogP contribution < -0.4 is 5.73 Å². The molecule has 0 bridgehead atoms. The Hall–Kier alpha value is -0.830. The van der Waals surface area contributed by atoms with Crippen molar-refractivity contribution in [3.63, 3.8) is 0 Å². The highest BCUT2D eigenvalue weighted by atomic mass is 15.1. The Balaban J connectivity index is 1.95. The number of nitrogens with two attached hydrogens (primary N) is 1. The summed E-state index contributed by atoms with van der Waals surface area (Å²) >= 11 is 0. The van der Waals surface area contributed by atoms with Crippen molar-refractivity contribution in [2.24, 2.45) is 5.73 Å². The van der Waals surface area contributed by atoms with Crippen LogP contribution in [0, 0.1) is 0 Å². The molecule has 1 aliphatic carbocycles. The molecule has 3 heteroatoms. The Labute approximate surface area is 84.3 Å². The van der Waals surface area contributed by atoms with Gasteiger partial charge in [0.2, 0.25) is 0 Å². The van der Waals surface area contributed by atoms with E-state index in [1.54, 1.807) is 0 Å². The first-order chi connectivity index (χ1) is 6.88. The molecule has 1 fully saturated rings. The highest BCUT2D eigenvalue weighted by molar-refractivity contribution is 5.16. The van der Waals surface area contributed by atoms with E-state index in [-0.39, 0.29) is 0 Å². The Morgan fingerprint density at radius 3 is 3.00 bits per heavy atom. The molecule has 2 heterocycles. The van der Waals surface area contributed by atoms with Crippen LogP contribution in [-0.2, 0) is 6.42 Å². The molecule has 2 N–H and O–H groups in total. The van der Waals surface area contributed by atoms with Gasteiger partial charge in [0.15, 0.2) is 0 Å². The molecule has 0 saturated heterocycles. The number of nitrogens with zero attached hydrogens (tertiary/aromatic N) is 2. The van der Waals surface area contributed by atoms with Gasteiger partial charge in [0.05, 0.1) is 5.69 Å². The quantitative estimate of drug-likeness (QED) is 0.771. The summed E-state index contributed by atoms with van der Waals surface area (Å²) in [6.45, 7) is 0.757. The first-order valence-corrected chi connectivity index (χ1v) is 5.66. The van der Waals surface area contributed by atoms with E-state index in [0.29, 0.717) is 6.04 Å². The molecular formula is C11H17N3. The van der Waals surface area contributed by atoms with E-state index in [1.807, 2.05) is 0 Å². The SMILES string of the molecule is NCC1CCCc2nc(C3CC3)cn21. The third-order valence-corrected chi connectivity index (χ3v) is 3.43. The second-order valence-corrected chi connectivity index (χ2v) is 4.55. The lowest BCUT2D eigenvalue weighted by atomic mass is 10.1. The third kappa shape index (κ3) is 1.27. The third-order valence-electron chi connectivity index (χ3n) is 3.43. The summed E-state index contributed by atoms with van der Waals surface area (Å²) in [4.78, 5) is 4.72. The van der Waals surface area contributed by atoms with Crippen LogP contribution in [0.25, 0.3) is 0 Å². The lowest BCUT2D eigenvalue weighted by Gasteiger charge is -2.23. The van der Waals surface area contributed by atoms with Crippen LogP contribution >= 0.6 is 0 Å². The average Bonchev–Trinajstić information content (AvgIpc) is 2.97. The van der Waals surface area contributed by atoms with Crippen molar-refractivity contribution in [3.8, 4) is 0 Å². The van der Waals surface area contributed by atoms with Crippen LogP contribution in [0.1, 0.15) is 49.2 Å². The van der Waals surface area contributed by atoms with Gasteiger partial charge in [-0.2, -0.15) is 0 Å². The predicted octanol–water partition coefficient (Wildman–Crippen LogP) is 1.60. The van der Waals surface area contributed by atoms with Crippen LogP contribution in [0.15, 0.2) is 6.20 Å². The average molecular weight is 191 g/mol. The monoisotopic (exact) mass is 191 g/mol. The predicted molar refractivity (Wildman–Crippen MR) is 55.2 cm³/mol. The fourth-order valence-corrected chi connectivity index (χ4v) is 2.40. The van der Waals surface area contributed by atoms with Crippen molar-refractivity contribution in [3.05, 3.63) is 17.7 Å². The second kappa shape index (κ2) is 3.09. The fourth-order valence-electron chi connectivity index (χ4n) is 2.40. The van der Waals surface area contributed by atoms with Crippen molar-refractivity contribution >= 4 is 0 Å². The van der Waals surface area contributed by atoms with E-state index in [0.717, 1.165) is 18.9 Å². The van der Waals surface area contributed by atoms with Gasteiger partial charge in [-0.1, -0.05) is 0 Å². The van der Waals surface area contributed by atoms with E-state index in [2.05, 4.69) is 10.8 Å². The number of rotatable bonds is 2. The van der Waals surface area contributed by atoms with Crippen LogP contribution in [0.2, 0.25) is 0 Å². The van der Waals surface area contributed by atoms with Gasteiger partial charge in [-0.05, 0) is 25.7 Å². The first kappa shape index (κ1) is 8.48. The molecule has 1 atom stereocenters. The number of hydrogen-bond donors (Lipinski definition) is 1. The Morgan fingerprint density at radius 2 is 2.29 bits per heavy atom. The number of imidazole rings is 1. The van der Waals surface area contributed by atoms with Crippen molar-refractivity contribution in [2.75, 3.05) is 6.54 Å². The summed E-state index contributed by atoms with van der Waals surface area (Å²) in [7, 11) is 0. The maximum Gasteiger partial charge on any atom is 0.109 e. The second-order valence-electron chi connectivity index (χ2n) is 4.55. The molecule has 1 aromatic heterocycles. The molecule has 0 radical (unpaired) electrons. The highest BCUT2D eigenvalue weighted by Crippen LogP contribution is 2.40. The van der Waals surface area contributed by atoms with E-state index in [9.17, 15) is 0 Å². The van der Waals surface area contributed by atoms with Gasteiger partial charge >= 0.3 is 0 Å². The minimum Gasteiger partial charge on any atom is -0.330 e. The summed E-state index contributed by atoms with van der Waals surface area (Å²) < 4.78 is 2.33. The largest absolute Gasteiger partial charge is 0.330 e. The first-order valence-electron chi connectivity index (χ1n) is 5.66. The molecule has 14 heavy (non-hydrogen) atoms. The molecule has 1 unspecified atom stereocenters. The Morgan fingerprint density at radius 1 is 1.43 bits per heavy atom. The maximum absolute atomic E-state index is 5.77. The lowest BCUT2D eigenvalue weighted by molar-refractivity contribution is 0.404. The minimum absolute atomic E-state index is 0.513. The normalized spacial score (nSPS) is 26.2. The Kier molecular flexibility index (Phi) is 1.87. The van der Waals surface area contributed by atoms with E-state index >= 15 is 0 Å². The van der Waals surface area contributed by atoms with Crippen LogP contribution in [0.4, 0.5) is 0 Å². The molecule has 0 amide bonds. The molecule has 1 saturated carbocycles. The molecule has 3 rings (SSSR count). The van der Waals surface area contributed by atoms with Crippen molar-refractivity contribution < 1.29 is 0 Å². The van der Waals surface area contributed by atoms with Crippen LogP contribution in [0.3, 0.4) is 0 Å². The van der Waals surface area contributed by atoms with Gasteiger partial charge in [0.25, 0.3) is 0 Å². The van der Waals surface area contributed by atoms with E-state index < -0.39 is 0 Å². The van der Waals surface area contributed by atoms with E-state index in [4.69, 9.17) is 10.7 Å². The molecule has 1 aliphatic heterocycles. The van der Waals surface area contributed by atoms with Gasteiger partial charge in [-0.25, -0.2) is 4.98 Å². The number of fused-ring (bicyclic) bond motifs is 1. The number of aromatic nitrogens is 2. The fraction of sp³-hybridized carbons (Fsp3) is 0.727. The standard InChI is InChI=1S/C11H17N3/c12-6-9-2-1-3-11-13-10(7-14(9)11)8-4-5-8/h7-9H,1-6,12H2. The zero-order valence-corrected chi connectivity index (χ0v) is 8.45. The van der Waals surface area contributed by atoms with Crippen molar-refractivity contribution in [1.82, 2.24) is 9.55 Å². The molecule has 3 nitrogen and oxygen atoms in total. The number of aryl methyl sites for hydroxylation is 1. The highest BCUT2D eigenvalue weighted by Gasteiger charge is 2.29.